The van der Waals surface area contributed by atoms with Gasteiger partial charge in [0.1, 0.15) is 5.69 Å². The summed E-state index contributed by atoms with van der Waals surface area (Å²) < 4.78 is 5.90. The summed E-state index contributed by atoms with van der Waals surface area (Å²) in [5.74, 6) is 0.00730. The maximum atomic E-state index is 12.2. The van der Waals surface area contributed by atoms with Crippen molar-refractivity contribution in [2.75, 3.05) is 19.7 Å². The predicted molar refractivity (Wildman–Crippen MR) is 83.6 cm³/mol. The average Bonchev–Trinajstić information content (AvgIpc) is 3.24. The number of carbonyl (C=O) groups excluding carboxylic acids is 1. The Morgan fingerprint density at radius 1 is 1.32 bits per heavy atom. The molecule has 1 aromatic carbocycles. The number of rotatable bonds is 6. The van der Waals surface area contributed by atoms with Crippen molar-refractivity contribution in [1.29, 1.82) is 0 Å². The fourth-order valence-electron chi connectivity index (χ4n) is 2.77. The van der Waals surface area contributed by atoms with Crippen LogP contribution in [-0.4, -0.2) is 46.8 Å². The van der Waals surface area contributed by atoms with E-state index in [4.69, 9.17) is 4.74 Å². The zero-order chi connectivity index (χ0) is 15.2. The van der Waals surface area contributed by atoms with Gasteiger partial charge in [-0.3, -0.25) is 9.89 Å². The van der Waals surface area contributed by atoms with Crippen LogP contribution in [-0.2, 0) is 11.2 Å². The number of ether oxygens (including phenoxy) is 1. The lowest BCUT2D eigenvalue weighted by molar-refractivity contribution is 0.0523. The standard InChI is InChI=1S/C17H21N3O2/c21-17(16-8-10-18-19-16)20-11-9-15(13-20)22-12-4-7-14-5-2-1-3-6-14/h1-3,5-6,8,10,15H,4,7,9,11-13H2,(H,18,19). The monoisotopic (exact) mass is 299 g/mol. The molecule has 1 aliphatic rings. The number of nitrogens with zero attached hydrogens (tertiary/aromatic N) is 2. The van der Waals surface area contributed by atoms with Gasteiger partial charge in [0, 0.05) is 25.9 Å². The second kappa shape index (κ2) is 7.22. The first-order valence-electron chi connectivity index (χ1n) is 7.77. The van der Waals surface area contributed by atoms with Crippen molar-refractivity contribution in [1.82, 2.24) is 15.1 Å². The quantitative estimate of drug-likeness (QED) is 0.833. The Labute approximate surface area is 130 Å². The van der Waals surface area contributed by atoms with Crippen LogP contribution in [0.4, 0.5) is 0 Å². The molecule has 1 atom stereocenters. The van der Waals surface area contributed by atoms with E-state index in [1.807, 2.05) is 11.0 Å². The zero-order valence-electron chi connectivity index (χ0n) is 12.6. The van der Waals surface area contributed by atoms with Gasteiger partial charge >= 0.3 is 0 Å². The van der Waals surface area contributed by atoms with Crippen LogP contribution < -0.4 is 0 Å². The highest BCUT2D eigenvalue weighted by molar-refractivity contribution is 5.92. The number of hydrogen-bond donors (Lipinski definition) is 1. The van der Waals surface area contributed by atoms with Gasteiger partial charge in [-0.2, -0.15) is 5.10 Å². The van der Waals surface area contributed by atoms with Crippen LogP contribution in [0.3, 0.4) is 0 Å². The van der Waals surface area contributed by atoms with Crippen molar-refractivity contribution >= 4 is 5.91 Å². The topological polar surface area (TPSA) is 58.2 Å². The first kappa shape index (κ1) is 14.8. The fourth-order valence-corrected chi connectivity index (χ4v) is 2.77. The van der Waals surface area contributed by atoms with Crippen molar-refractivity contribution in [3.63, 3.8) is 0 Å². The minimum Gasteiger partial charge on any atom is -0.376 e. The average molecular weight is 299 g/mol. The molecule has 116 valence electrons. The molecule has 1 aliphatic heterocycles. The molecular weight excluding hydrogens is 278 g/mol. The number of nitrogens with one attached hydrogen (secondary N) is 1. The van der Waals surface area contributed by atoms with Crippen LogP contribution in [0.15, 0.2) is 42.6 Å². The molecule has 2 heterocycles. The maximum absolute atomic E-state index is 12.2. The molecule has 3 rings (SSSR count). The molecule has 2 aromatic rings. The SMILES string of the molecule is O=C(c1ccn[nH]1)N1CCC(OCCCc2ccccc2)C1. The van der Waals surface area contributed by atoms with Gasteiger partial charge in [0.25, 0.3) is 5.91 Å². The van der Waals surface area contributed by atoms with Gasteiger partial charge in [-0.25, -0.2) is 0 Å². The molecule has 1 saturated heterocycles. The summed E-state index contributed by atoms with van der Waals surface area (Å²) in [6, 6.07) is 12.1. The summed E-state index contributed by atoms with van der Waals surface area (Å²) in [5, 5.41) is 6.54. The lowest BCUT2D eigenvalue weighted by atomic mass is 10.1. The number of amides is 1. The van der Waals surface area contributed by atoms with E-state index in [2.05, 4.69) is 34.5 Å². The van der Waals surface area contributed by atoms with Crippen LogP contribution in [0.2, 0.25) is 0 Å². The molecular formula is C17H21N3O2. The Morgan fingerprint density at radius 2 is 2.18 bits per heavy atom. The summed E-state index contributed by atoms with van der Waals surface area (Å²) in [7, 11) is 0. The van der Waals surface area contributed by atoms with Crippen LogP contribution in [0.5, 0.6) is 0 Å². The van der Waals surface area contributed by atoms with Crippen molar-refractivity contribution in [2.24, 2.45) is 0 Å². The Kier molecular flexibility index (Phi) is 4.85. The van der Waals surface area contributed by atoms with E-state index in [0.717, 1.165) is 32.4 Å². The Bertz CT molecular complexity index is 583. The van der Waals surface area contributed by atoms with Crippen LogP contribution in [0.25, 0.3) is 0 Å². The largest absolute Gasteiger partial charge is 0.376 e. The van der Waals surface area contributed by atoms with E-state index < -0.39 is 0 Å². The maximum Gasteiger partial charge on any atom is 0.271 e. The van der Waals surface area contributed by atoms with E-state index in [0.29, 0.717) is 12.2 Å². The third kappa shape index (κ3) is 3.74. The number of aromatic amines is 1. The minimum absolute atomic E-state index is 0.00730. The normalized spacial score (nSPS) is 17.8. The van der Waals surface area contributed by atoms with Gasteiger partial charge in [0.2, 0.25) is 0 Å². The minimum atomic E-state index is 0.00730. The molecule has 1 aromatic heterocycles. The van der Waals surface area contributed by atoms with Crippen LogP contribution in [0.1, 0.15) is 28.9 Å². The van der Waals surface area contributed by atoms with Crippen molar-refractivity contribution in [2.45, 2.75) is 25.4 Å². The molecule has 1 fully saturated rings. The second-order valence-corrected chi connectivity index (χ2v) is 5.59. The highest BCUT2D eigenvalue weighted by Gasteiger charge is 2.27. The van der Waals surface area contributed by atoms with Gasteiger partial charge in [-0.15, -0.1) is 0 Å². The summed E-state index contributed by atoms with van der Waals surface area (Å²) in [6.07, 6.45) is 4.70. The predicted octanol–water partition coefficient (Wildman–Crippen LogP) is 2.27. The molecule has 0 bridgehead atoms. The summed E-state index contributed by atoms with van der Waals surface area (Å²) >= 11 is 0. The first-order chi connectivity index (χ1) is 10.8. The molecule has 1 amide bonds. The number of benzene rings is 1. The number of H-pyrrole nitrogens is 1. The third-order valence-corrected chi connectivity index (χ3v) is 3.97. The zero-order valence-corrected chi connectivity index (χ0v) is 12.6. The van der Waals surface area contributed by atoms with Crippen LogP contribution in [0, 0.1) is 0 Å². The molecule has 1 N–H and O–H groups in total. The Balaban J connectivity index is 1.37. The van der Waals surface area contributed by atoms with E-state index in [1.54, 1.807) is 12.3 Å². The molecule has 0 aliphatic carbocycles. The second-order valence-electron chi connectivity index (χ2n) is 5.59. The first-order valence-corrected chi connectivity index (χ1v) is 7.77. The van der Waals surface area contributed by atoms with Crippen LogP contribution >= 0.6 is 0 Å². The van der Waals surface area contributed by atoms with Gasteiger partial charge in [0.05, 0.1) is 6.10 Å². The van der Waals surface area contributed by atoms with E-state index in [9.17, 15) is 4.79 Å². The number of carbonyl (C=O) groups is 1. The number of likely N-dealkylation sites (tertiary alicyclic amines) is 1. The fraction of sp³-hybridized carbons (Fsp3) is 0.412. The smallest absolute Gasteiger partial charge is 0.271 e. The third-order valence-electron chi connectivity index (χ3n) is 3.97. The number of hydrogen-bond acceptors (Lipinski definition) is 3. The number of aromatic nitrogens is 2. The van der Waals surface area contributed by atoms with E-state index >= 15 is 0 Å². The number of aryl methyl sites for hydroxylation is 1. The molecule has 5 heteroatoms. The molecule has 22 heavy (non-hydrogen) atoms. The van der Waals surface area contributed by atoms with Crippen molar-refractivity contribution in [3.05, 3.63) is 53.9 Å². The molecule has 0 saturated carbocycles. The van der Waals surface area contributed by atoms with Crippen molar-refractivity contribution in [3.8, 4) is 0 Å². The molecule has 5 nitrogen and oxygen atoms in total. The van der Waals surface area contributed by atoms with Gasteiger partial charge in [-0.1, -0.05) is 30.3 Å². The Morgan fingerprint density at radius 3 is 2.95 bits per heavy atom. The summed E-state index contributed by atoms with van der Waals surface area (Å²) in [5.41, 5.74) is 1.89. The van der Waals surface area contributed by atoms with Crippen molar-refractivity contribution < 1.29 is 9.53 Å². The lowest BCUT2D eigenvalue weighted by Crippen LogP contribution is -2.30. The lowest BCUT2D eigenvalue weighted by Gasteiger charge is -2.15. The molecule has 0 spiro atoms. The molecule has 1 unspecified atom stereocenters. The highest BCUT2D eigenvalue weighted by Crippen LogP contribution is 2.15. The van der Waals surface area contributed by atoms with Gasteiger partial charge in [-0.05, 0) is 30.9 Å². The molecule has 0 radical (unpaired) electrons. The summed E-state index contributed by atoms with van der Waals surface area (Å²) in [6.45, 7) is 2.16. The van der Waals surface area contributed by atoms with Gasteiger partial charge < -0.3 is 9.64 Å². The van der Waals surface area contributed by atoms with Gasteiger partial charge in [0.15, 0.2) is 0 Å². The Hall–Kier alpha value is -2.14. The van der Waals surface area contributed by atoms with E-state index in [-0.39, 0.29) is 12.0 Å². The highest BCUT2D eigenvalue weighted by atomic mass is 16.5. The summed E-state index contributed by atoms with van der Waals surface area (Å²) in [4.78, 5) is 14.0. The van der Waals surface area contributed by atoms with E-state index in [1.165, 1.54) is 5.56 Å².